The molecule has 0 aromatic carbocycles. The summed E-state index contributed by atoms with van der Waals surface area (Å²) in [6, 6.07) is 0.804. The van der Waals surface area contributed by atoms with E-state index in [4.69, 9.17) is 0 Å². The molecular formula is C11H22N2S. The van der Waals surface area contributed by atoms with E-state index in [0.717, 1.165) is 17.2 Å². The van der Waals surface area contributed by atoms with Crippen LogP contribution in [0, 0.1) is 5.92 Å². The van der Waals surface area contributed by atoms with Crippen LogP contribution >= 0.6 is 11.8 Å². The second-order valence-electron chi connectivity index (χ2n) is 4.70. The Kier molecular flexibility index (Phi) is 3.74. The van der Waals surface area contributed by atoms with Gasteiger partial charge in [0, 0.05) is 37.5 Å². The Bertz CT molecular complexity index is 182. The fourth-order valence-corrected chi connectivity index (χ4v) is 2.62. The van der Waals surface area contributed by atoms with Gasteiger partial charge in [-0.2, -0.15) is 11.8 Å². The lowest BCUT2D eigenvalue weighted by molar-refractivity contribution is 0.191. The number of hydrogen-bond acceptors (Lipinski definition) is 3. The summed E-state index contributed by atoms with van der Waals surface area (Å²) in [5, 5.41) is 4.44. The first kappa shape index (κ1) is 10.8. The van der Waals surface area contributed by atoms with Crippen molar-refractivity contribution in [2.24, 2.45) is 5.92 Å². The average Bonchev–Trinajstić information content (AvgIpc) is 3.01. The minimum atomic E-state index is 0.785. The number of piperazine rings is 1. The second-order valence-corrected chi connectivity index (χ2v) is 5.98. The summed E-state index contributed by atoms with van der Waals surface area (Å²) >= 11 is 1.98. The van der Waals surface area contributed by atoms with E-state index in [2.05, 4.69) is 23.4 Å². The molecule has 2 fully saturated rings. The van der Waals surface area contributed by atoms with Gasteiger partial charge in [0.2, 0.25) is 0 Å². The first-order chi connectivity index (χ1) is 6.79. The topological polar surface area (TPSA) is 15.3 Å². The molecule has 1 aliphatic heterocycles. The molecule has 1 N–H and O–H groups in total. The van der Waals surface area contributed by atoms with Crippen LogP contribution < -0.4 is 5.32 Å². The molecule has 2 nitrogen and oxygen atoms in total. The quantitative estimate of drug-likeness (QED) is 0.762. The summed E-state index contributed by atoms with van der Waals surface area (Å²) in [6.45, 7) is 7.33. The van der Waals surface area contributed by atoms with Crippen molar-refractivity contribution in [3.8, 4) is 0 Å². The number of nitrogens with one attached hydrogen (secondary N) is 1. The van der Waals surface area contributed by atoms with Crippen LogP contribution in [0.3, 0.4) is 0 Å². The monoisotopic (exact) mass is 214 g/mol. The van der Waals surface area contributed by atoms with E-state index in [0.29, 0.717) is 0 Å². The highest BCUT2D eigenvalue weighted by molar-refractivity contribution is 7.99. The molecule has 3 heteroatoms. The number of rotatable bonds is 4. The van der Waals surface area contributed by atoms with Gasteiger partial charge in [0.1, 0.15) is 0 Å². The Morgan fingerprint density at radius 3 is 2.93 bits per heavy atom. The van der Waals surface area contributed by atoms with Crippen molar-refractivity contribution in [1.82, 2.24) is 10.2 Å². The molecule has 0 radical (unpaired) electrons. The van der Waals surface area contributed by atoms with Crippen LogP contribution in [-0.4, -0.2) is 48.6 Å². The van der Waals surface area contributed by atoms with Gasteiger partial charge in [0.25, 0.3) is 0 Å². The maximum Gasteiger partial charge on any atom is 0.0223 e. The third-order valence-electron chi connectivity index (χ3n) is 3.40. The molecule has 0 aromatic heterocycles. The minimum Gasteiger partial charge on any atom is -0.311 e. The third-order valence-corrected chi connectivity index (χ3v) is 4.35. The van der Waals surface area contributed by atoms with Crippen molar-refractivity contribution in [2.45, 2.75) is 31.1 Å². The van der Waals surface area contributed by atoms with Gasteiger partial charge >= 0.3 is 0 Å². The van der Waals surface area contributed by atoms with Gasteiger partial charge in [-0.1, -0.05) is 6.92 Å². The molecule has 0 spiro atoms. The smallest absolute Gasteiger partial charge is 0.0223 e. The SMILES string of the molecule is CSC(C)CN1CCNC(C2CC2)C1. The predicted octanol–water partition coefficient (Wildman–Crippen LogP) is 1.42. The van der Waals surface area contributed by atoms with Gasteiger partial charge in [0.05, 0.1) is 0 Å². The van der Waals surface area contributed by atoms with Crippen LogP contribution in [0.4, 0.5) is 0 Å². The largest absolute Gasteiger partial charge is 0.311 e. The molecule has 0 aromatic rings. The summed E-state index contributed by atoms with van der Waals surface area (Å²) in [7, 11) is 0. The van der Waals surface area contributed by atoms with Gasteiger partial charge in [-0.05, 0) is 25.0 Å². The molecule has 2 rings (SSSR count). The van der Waals surface area contributed by atoms with E-state index in [1.54, 1.807) is 0 Å². The van der Waals surface area contributed by atoms with Crippen molar-refractivity contribution in [3.05, 3.63) is 0 Å². The zero-order valence-electron chi connectivity index (χ0n) is 9.33. The fourth-order valence-electron chi connectivity index (χ4n) is 2.26. The van der Waals surface area contributed by atoms with Crippen LogP contribution in [0.2, 0.25) is 0 Å². The lowest BCUT2D eigenvalue weighted by atomic mass is 10.1. The van der Waals surface area contributed by atoms with E-state index in [1.165, 1.54) is 39.0 Å². The van der Waals surface area contributed by atoms with Gasteiger partial charge in [-0.15, -0.1) is 0 Å². The number of nitrogens with zero attached hydrogens (tertiary/aromatic N) is 1. The molecule has 2 atom stereocenters. The predicted molar refractivity (Wildman–Crippen MR) is 63.9 cm³/mol. The van der Waals surface area contributed by atoms with Gasteiger partial charge in [-0.25, -0.2) is 0 Å². The average molecular weight is 214 g/mol. The van der Waals surface area contributed by atoms with E-state index in [1.807, 2.05) is 11.8 Å². The van der Waals surface area contributed by atoms with E-state index >= 15 is 0 Å². The van der Waals surface area contributed by atoms with E-state index in [-0.39, 0.29) is 0 Å². The van der Waals surface area contributed by atoms with E-state index in [9.17, 15) is 0 Å². The molecule has 2 unspecified atom stereocenters. The lowest BCUT2D eigenvalue weighted by Gasteiger charge is -2.35. The normalized spacial score (nSPS) is 31.7. The first-order valence-corrected chi connectivity index (χ1v) is 7.07. The summed E-state index contributed by atoms with van der Waals surface area (Å²) < 4.78 is 0. The van der Waals surface area contributed by atoms with E-state index < -0.39 is 0 Å². The number of thioether (sulfide) groups is 1. The Balaban J connectivity index is 1.75. The molecule has 1 saturated carbocycles. The Morgan fingerprint density at radius 1 is 1.50 bits per heavy atom. The van der Waals surface area contributed by atoms with Crippen LogP contribution in [0.15, 0.2) is 0 Å². The molecule has 1 aliphatic carbocycles. The van der Waals surface area contributed by atoms with Crippen molar-refractivity contribution in [2.75, 3.05) is 32.4 Å². The van der Waals surface area contributed by atoms with Gasteiger partial charge in [0.15, 0.2) is 0 Å². The Hall–Kier alpha value is 0.270. The summed E-state index contributed by atoms with van der Waals surface area (Å²) in [5.74, 6) is 1.00. The lowest BCUT2D eigenvalue weighted by Crippen LogP contribution is -2.52. The second kappa shape index (κ2) is 4.86. The van der Waals surface area contributed by atoms with Crippen molar-refractivity contribution >= 4 is 11.8 Å². The highest BCUT2D eigenvalue weighted by atomic mass is 32.2. The zero-order valence-corrected chi connectivity index (χ0v) is 10.1. The molecule has 82 valence electrons. The third kappa shape index (κ3) is 2.88. The van der Waals surface area contributed by atoms with Crippen molar-refractivity contribution in [3.63, 3.8) is 0 Å². The summed E-state index contributed by atoms with van der Waals surface area (Å²) in [4.78, 5) is 2.64. The fraction of sp³-hybridized carbons (Fsp3) is 1.00. The van der Waals surface area contributed by atoms with Crippen LogP contribution in [0.25, 0.3) is 0 Å². The first-order valence-electron chi connectivity index (χ1n) is 5.78. The summed E-state index contributed by atoms with van der Waals surface area (Å²) in [6.07, 6.45) is 5.14. The highest BCUT2D eigenvalue weighted by Gasteiger charge is 2.33. The zero-order chi connectivity index (χ0) is 9.97. The van der Waals surface area contributed by atoms with Crippen LogP contribution in [0.1, 0.15) is 19.8 Å². The molecular weight excluding hydrogens is 192 g/mol. The highest BCUT2D eigenvalue weighted by Crippen LogP contribution is 2.33. The molecule has 0 bridgehead atoms. The Labute approximate surface area is 91.8 Å². The van der Waals surface area contributed by atoms with Gasteiger partial charge in [-0.3, -0.25) is 4.90 Å². The van der Waals surface area contributed by atoms with Crippen molar-refractivity contribution < 1.29 is 0 Å². The molecule has 0 amide bonds. The van der Waals surface area contributed by atoms with Crippen LogP contribution in [0.5, 0.6) is 0 Å². The van der Waals surface area contributed by atoms with Crippen molar-refractivity contribution in [1.29, 1.82) is 0 Å². The maximum absolute atomic E-state index is 3.65. The Morgan fingerprint density at radius 2 is 2.29 bits per heavy atom. The van der Waals surface area contributed by atoms with Crippen LogP contribution in [-0.2, 0) is 0 Å². The standard InChI is InChI=1S/C11H22N2S/c1-9(14-2)7-13-6-5-12-11(8-13)10-3-4-10/h9-12H,3-8H2,1-2H3. The molecule has 1 heterocycles. The minimum absolute atomic E-state index is 0.785. The molecule has 2 aliphatic rings. The maximum atomic E-state index is 3.65. The molecule has 1 saturated heterocycles. The molecule has 14 heavy (non-hydrogen) atoms. The number of hydrogen-bond donors (Lipinski definition) is 1. The van der Waals surface area contributed by atoms with Gasteiger partial charge < -0.3 is 5.32 Å². The summed E-state index contributed by atoms with van der Waals surface area (Å²) in [5.41, 5.74) is 0.